The average molecular weight is 417 g/mol. The van der Waals surface area contributed by atoms with Crippen LogP contribution in [0.1, 0.15) is 43.7 Å². The lowest BCUT2D eigenvalue weighted by Gasteiger charge is -2.35. The van der Waals surface area contributed by atoms with E-state index in [1.807, 2.05) is 10.5 Å². The van der Waals surface area contributed by atoms with Crippen LogP contribution in [0, 0.1) is 0 Å². The summed E-state index contributed by atoms with van der Waals surface area (Å²) in [5.74, 6) is 1.68. The van der Waals surface area contributed by atoms with Crippen LogP contribution in [0.2, 0.25) is 0 Å². The van der Waals surface area contributed by atoms with Crippen molar-refractivity contribution in [1.82, 2.24) is 4.31 Å². The summed E-state index contributed by atoms with van der Waals surface area (Å²) in [5, 5.41) is 0. The summed E-state index contributed by atoms with van der Waals surface area (Å²) in [7, 11) is 2.15. The molecule has 2 fully saturated rings. The number of fused-ring (bicyclic) bond motifs is 1. The summed E-state index contributed by atoms with van der Waals surface area (Å²) in [5.41, 5.74) is 10.4. The van der Waals surface area contributed by atoms with E-state index in [-0.39, 0.29) is 0 Å². The van der Waals surface area contributed by atoms with Gasteiger partial charge < -0.3 is 19.9 Å². The van der Waals surface area contributed by atoms with Crippen molar-refractivity contribution >= 4 is 28.8 Å². The van der Waals surface area contributed by atoms with Gasteiger partial charge in [0.2, 0.25) is 0 Å². The lowest BCUT2D eigenvalue weighted by Crippen LogP contribution is -2.34. The molecule has 0 amide bonds. The van der Waals surface area contributed by atoms with Crippen LogP contribution < -0.4 is 15.4 Å². The third-order valence-electron chi connectivity index (χ3n) is 6.15. The molecule has 0 radical (unpaired) electrons. The quantitative estimate of drug-likeness (QED) is 0.546. The van der Waals surface area contributed by atoms with Gasteiger partial charge in [0.25, 0.3) is 0 Å². The predicted molar refractivity (Wildman–Crippen MR) is 121 cm³/mol. The molecule has 2 aliphatic heterocycles. The number of allylic oxidation sites excluding steroid dienone is 1. The zero-order valence-corrected chi connectivity index (χ0v) is 18.3. The van der Waals surface area contributed by atoms with Crippen LogP contribution in [0.4, 0.5) is 5.69 Å². The molecule has 0 bridgehead atoms. The highest BCUT2D eigenvalue weighted by Gasteiger charge is 2.28. The number of anilines is 1. The first-order valence-corrected chi connectivity index (χ1v) is 12.0. The Morgan fingerprint density at radius 2 is 2.21 bits per heavy atom. The molecule has 1 aromatic rings. The van der Waals surface area contributed by atoms with Crippen molar-refractivity contribution in [3.8, 4) is 5.75 Å². The average Bonchev–Trinajstić information content (AvgIpc) is 3.46. The Morgan fingerprint density at radius 3 is 2.90 bits per heavy atom. The largest absolute Gasteiger partial charge is 0.598 e. The molecule has 2 heterocycles. The van der Waals surface area contributed by atoms with Gasteiger partial charge in [-0.25, -0.2) is 0 Å². The number of hydrogen-bond donors (Lipinski definition) is 1. The molecule has 1 saturated heterocycles. The molecule has 1 aromatic carbocycles. The van der Waals surface area contributed by atoms with Gasteiger partial charge in [0.05, 0.1) is 12.6 Å². The molecule has 6 nitrogen and oxygen atoms in total. The Bertz CT molecular complexity index is 793. The first-order chi connectivity index (χ1) is 14.1. The molecule has 7 heteroatoms. The fourth-order valence-corrected chi connectivity index (χ4v) is 5.28. The van der Waals surface area contributed by atoms with E-state index < -0.39 is 11.4 Å². The Morgan fingerprint density at radius 1 is 1.38 bits per heavy atom. The minimum atomic E-state index is -0.856. The number of nitrogens with two attached hydrogens (primary N) is 1. The second kappa shape index (κ2) is 8.98. The summed E-state index contributed by atoms with van der Waals surface area (Å²) >= 11 is -0.856. The first kappa shape index (κ1) is 20.6. The first-order valence-electron chi connectivity index (χ1n) is 10.7. The molecule has 3 aliphatic rings. The molecular weight excluding hydrogens is 384 g/mol. The Kier molecular flexibility index (Phi) is 6.37. The van der Waals surface area contributed by atoms with Crippen LogP contribution in [-0.2, 0) is 17.8 Å². The number of aliphatic imine (C=N–C) groups is 1. The molecule has 0 aromatic heterocycles. The van der Waals surface area contributed by atoms with E-state index in [2.05, 4.69) is 36.0 Å². The highest BCUT2D eigenvalue weighted by atomic mass is 32.2. The topological polar surface area (TPSA) is 77.1 Å². The Labute approximate surface area is 177 Å². The number of benzene rings is 1. The zero-order valence-electron chi connectivity index (χ0n) is 17.5. The lowest BCUT2D eigenvalue weighted by atomic mass is 9.92. The fourth-order valence-electron chi connectivity index (χ4n) is 4.04. The van der Waals surface area contributed by atoms with Gasteiger partial charge in [-0.1, -0.05) is 0 Å². The number of rotatable bonds is 7. The monoisotopic (exact) mass is 416 g/mol. The molecule has 1 saturated carbocycles. The van der Waals surface area contributed by atoms with Gasteiger partial charge in [-0.2, -0.15) is 0 Å². The van der Waals surface area contributed by atoms with E-state index in [4.69, 9.17) is 10.5 Å². The van der Waals surface area contributed by atoms with Crippen molar-refractivity contribution in [3.05, 3.63) is 29.5 Å². The van der Waals surface area contributed by atoms with Gasteiger partial charge in [-0.15, -0.1) is 4.31 Å². The predicted octanol–water partition coefficient (Wildman–Crippen LogP) is 2.74. The van der Waals surface area contributed by atoms with Gasteiger partial charge >= 0.3 is 0 Å². The lowest BCUT2D eigenvalue weighted by molar-refractivity contribution is 0.275. The van der Waals surface area contributed by atoms with Crippen molar-refractivity contribution in [3.63, 3.8) is 0 Å². The molecule has 4 rings (SSSR count). The summed E-state index contributed by atoms with van der Waals surface area (Å²) in [6, 6.07) is 5.24. The molecular formula is C22H32N4O2S. The van der Waals surface area contributed by atoms with E-state index in [1.165, 1.54) is 11.3 Å². The second-order valence-corrected chi connectivity index (χ2v) is 9.79. The fraction of sp³-hybridized carbons (Fsp3) is 0.591. The van der Waals surface area contributed by atoms with Gasteiger partial charge in [0.15, 0.2) is 0 Å². The van der Waals surface area contributed by atoms with E-state index in [9.17, 15) is 4.55 Å². The second-order valence-electron chi connectivity index (χ2n) is 8.23. The van der Waals surface area contributed by atoms with E-state index in [0.29, 0.717) is 25.2 Å². The maximum atomic E-state index is 12.0. The maximum Gasteiger partial charge on any atom is 0.132 e. The van der Waals surface area contributed by atoms with Crippen molar-refractivity contribution < 1.29 is 9.29 Å². The third-order valence-corrected chi connectivity index (χ3v) is 7.73. The molecule has 1 aliphatic carbocycles. The Hall–Kier alpha value is -1.70. The zero-order chi connectivity index (χ0) is 20.4. The van der Waals surface area contributed by atoms with Gasteiger partial charge in [0.1, 0.15) is 18.1 Å². The molecule has 2 unspecified atom stereocenters. The molecule has 2 N–H and O–H groups in total. The normalized spacial score (nSPS) is 25.6. The van der Waals surface area contributed by atoms with Gasteiger partial charge in [0, 0.05) is 72.2 Å². The van der Waals surface area contributed by atoms with E-state index in [0.717, 1.165) is 61.3 Å². The van der Waals surface area contributed by atoms with Crippen molar-refractivity contribution in [2.75, 3.05) is 37.4 Å². The number of hydrogen-bond acceptors (Lipinski definition) is 6. The number of nitrogens with zero attached hydrogens (tertiary/aromatic N) is 3. The summed E-state index contributed by atoms with van der Waals surface area (Å²) < 4.78 is 20.4. The molecule has 0 spiro atoms. The van der Waals surface area contributed by atoms with Crippen LogP contribution >= 0.6 is 0 Å². The highest BCUT2D eigenvalue weighted by molar-refractivity contribution is 7.89. The van der Waals surface area contributed by atoms with Crippen molar-refractivity contribution in [2.24, 2.45) is 10.7 Å². The van der Waals surface area contributed by atoms with E-state index in [1.54, 1.807) is 6.20 Å². The van der Waals surface area contributed by atoms with Gasteiger partial charge in [-0.3, -0.25) is 4.99 Å². The SMILES string of the molecule is CC1CCc2c(ccc(C(C=NC3CC3)=CN)c2OCCN2CCC[S+]2[O-])N1C. The van der Waals surface area contributed by atoms with Crippen molar-refractivity contribution in [2.45, 2.75) is 51.1 Å². The molecule has 158 valence electrons. The Balaban J connectivity index is 1.61. The van der Waals surface area contributed by atoms with Crippen molar-refractivity contribution in [1.29, 1.82) is 0 Å². The maximum absolute atomic E-state index is 12.0. The smallest absolute Gasteiger partial charge is 0.132 e. The number of ether oxygens (including phenoxy) is 1. The summed E-state index contributed by atoms with van der Waals surface area (Å²) in [4.78, 5) is 6.96. The summed E-state index contributed by atoms with van der Waals surface area (Å²) in [6.07, 6.45) is 8.94. The minimum absolute atomic E-state index is 0.448. The van der Waals surface area contributed by atoms with E-state index >= 15 is 0 Å². The molecule has 29 heavy (non-hydrogen) atoms. The third kappa shape index (κ3) is 4.57. The van der Waals surface area contributed by atoms with Gasteiger partial charge in [-0.05, 0) is 44.7 Å². The van der Waals surface area contributed by atoms with Crippen LogP contribution in [0.15, 0.2) is 23.3 Å². The van der Waals surface area contributed by atoms with Crippen LogP contribution in [0.5, 0.6) is 5.75 Å². The highest BCUT2D eigenvalue weighted by Crippen LogP contribution is 2.40. The molecule has 2 atom stereocenters. The standard InChI is InChI=1S/C22H32N4O2S/c1-16-4-7-20-21(25(16)2)9-8-19(17(14-23)15-24-18-5-6-18)22(20)28-12-11-26-10-3-13-29(26)27/h8-9,14-16,18H,3-7,10-13,23H2,1-2H3. The minimum Gasteiger partial charge on any atom is -0.598 e. The van der Waals surface area contributed by atoms with Crippen LogP contribution in [0.3, 0.4) is 0 Å². The van der Waals surface area contributed by atoms with Crippen LogP contribution in [0.25, 0.3) is 5.57 Å². The van der Waals surface area contributed by atoms with Crippen LogP contribution in [-0.4, -0.2) is 59.7 Å². The summed E-state index contributed by atoms with van der Waals surface area (Å²) in [6.45, 7) is 4.34.